The zero-order valence-corrected chi connectivity index (χ0v) is 14.6. The molecule has 0 saturated heterocycles. The first kappa shape index (κ1) is 18.3. The fourth-order valence-electron chi connectivity index (χ4n) is 2.65. The fraction of sp³-hybridized carbons (Fsp3) is 0.611. The van der Waals surface area contributed by atoms with E-state index in [1.54, 1.807) is 0 Å². The molecule has 0 aromatic heterocycles. The van der Waals surface area contributed by atoms with E-state index in [0.717, 1.165) is 43.7 Å². The molecule has 0 heterocycles. The van der Waals surface area contributed by atoms with E-state index in [4.69, 9.17) is 4.74 Å². The van der Waals surface area contributed by atoms with E-state index in [9.17, 15) is 4.79 Å². The lowest BCUT2D eigenvalue weighted by atomic mass is 9.94. The molecule has 0 spiro atoms. The van der Waals surface area contributed by atoms with Crippen molar-refractivity contribution >= 4 is 17.5 Å². The van der Waals surface area contributed by atoms with Gasteiger partial charge in [0.25, 0.3) is 0 Å². The van der Waals surface area contributed by atoms with Crippen molar-refractivity contribution in [1.29, 1.82) is 0 Å². The van der Waals surface area contributed by atoms with Crippen molar-refractivity contribution in [3.05, 3.63) is 24.3 Å². The summed E-state index contributed by atoms with van der Waals surface area (Å²) < 4.78 is 5.65. The quantitative estimate of drug-likeness (QED) is 0.730. The third-order valence-electron chi connectivity index (χ3n) is 4.48. The molecule has 1 amide bonds. The van der Waals surface area contributed by atoms with E-state index in [1.807, 2.05) is 24.3 Å². The maximum Gasteiger partial charge on any atom is 0.412 e. The summed E-state index contributed by atoms with van der Waals surface area (Å²) in [6, 6.07) is 7.88. The van der Waals surface area contributed by atoms with Gasteiger partial charge in [-0.25, -0.2) is 4.79 Å². The maximum atomic E-state index is 12.1. The number of nitrogens with zero attached hydrogens (tertiary/aromatic N) is 1. The first-order valence-corrected chi connectivity index (χ1v) is 8.39. The number of hydrogen-bond acceptors (Lipinski definition) is 3. The zero-order chi connectivity index (χ0) is 16.6. The number of hydrogen-bond donors (Lipinski definition) is 1. The van der Waals surface area contributed by atoms with Crippen molar-refractivity contribution < 1.29 is 9.53 Å². The molecule has 1 aromatic rings. The molecule has 0 bridgehead atoms. The summed E-state index contributed by atoms with van der Waals surface area (Å²) in [4.78, 5) is 14.4. The van der Waals surface area contributed by atoms with E-state index in [1.165, 1.54) is 0 Å². The normalized spacial score (nSPS) is 11.1. The van der Waals surface area contributed by atoms with Crippen molar-refractivity contribution in [2.24, 2.45) is 0 Å². The molecule has 1 aromatic carbocycles. The SMILES string of the molecule is CCN(CC)c1ccc(NC(=O)OC(CC)(CC)CC)cc1. The highest BCUT2D eigenvalue weighted by Gasteiger charge is 2.28. The Morgan fingerprint density at radius 2 is 1.50 bits per heavy atom. The summed E-state index contributed by atoms with van der Waals surface area (Å²) in [5, 5.41) is 2.82. The number of carbonyl (C=O) groups excluding carboxylic acids is 1. The first-order valence-electron chi connectivity index (χ1n) is 8.39. The summed E-state index contributed by atoms with van der Waals surface area (Å²) in [6.45, 7) is 12.4. The Balaban J connectivity index is 2.69. The second kappa shape index (κ2) is 8.66. The number of amides is 1. The van der Waals surface area contributed by atoms with E-state index < -0.39 is 0 Å². The molecule has 0 aliphatic heterocycles. The number of benzene rings is 1. The van der Waals surface area contributed by atoms with E-state index >= 15 is 0 Å². The highest BCUT2D eigenvalue weighted by Crippen LogP contribution is 2.25. The standard InChI is InChI=1S/C18H30N2O2/c1-6-18(7-2,8-3)22-17(21)19-15-11-13-16(14-12-15)20(9-4)10-5/h11-14H,6-10H2,1-5H3,(H,19,21). The van der Waals surface area contributed by atoms with Crippen LogP contribution in [0.1, 0.15) is 53.9 Å². The van der Waals surface area contributed by atoms with Gasteiger partial charge in [0.15, 0.2) is 0 Å². The number of ether oxygens (including phenoxy) is 1. The Hall–Kier alpha value is -1.71. The van der Waals surface area contributed by atoms with E-state index in [2.05, 4.69) is 44.8 Å². The number of carbonyl (C=O) groups is 1. The molecule has 4 heteroatoms. The largest absolute Gasteiger partial charge is 0.443 e. The van der Waals surface area contributed by atoms with E-state index in [-0.39, 0.29) is 11.7 Å². The van der Waals surface area contributed by atoms with Crippen molar-refractivity contribution in [2.75, 3.05) is 23.3 Å². The van der Waals surface area contributed by atoms with Gasteiger partial charge in [0, 0.05) is 24.5 Å². The van der Waals surface area contributed by atoms with Crippen LogP contribution in [-0.2, 0) is 4.74 Å². The third kappa shape index (κ3) is 4.65. The predicted octanol–water partition coefficient (Wildman–Crippen LogP) is 5.05. The van der Waals surface area contributed by atoms with Crippen LogP contribution >= 0.6 is 0 Å². The van der Waals surface area contributed by atoms with Gasteiger partial charge in [-0.2, -0.15) is 0 Å². The highest BCUT2D eigenvalue weighted by atomic mass is 16.6. The molecule has 0 fully saturated rings. The van der Waals surface area contributed by atoms with Gasteiger partial charge in [-0.1, -0.05) is 20.8 Å². The Kier molecular flexibility index (Phi) is 7.22. The van der Waals surface area contributed by atoms with Crippen LogP contribution in [0.3, 0.4) is 0 Å². The smallest absolute Gasteiger partial charge is 0.412 e. The summed E-state index contributed by atoms with van der Waals surface area (Å²) in [5.41, 5.74) is 1.57. The highest BCUT2D eigenvalue weighted by molar-refractivity contribution is 5.85. The number of nitrogens with one attached hydrogen (secondary N) is 1. The van der Waals surface area contributed by atoms with Crippen molar-refractivity contribution in [3.63, 3.8) is 0 Å². The minimum atomic E-state index is -0.374. The molecule has 124 valence electrons. The van der Waals surface area contributed by atoms with Gasteiger partial charge in [0.05, 0.1) is 0 Å². The van der Waals surface area contributed by atoms with Crippen molar-refractivity contribution in [1.82, 2.24) is 0 Å². The average Bonchev–Trinajstić information content (AvgIpc) is 2.55. The van der Waals surface area contributed by atoms with Gasteiger partial charge in [-0.15, -0.1) is 0 Å². The summed E-state index contributed by atoms with van der Waals surface area (Å²) in [7, 11) is 0. The van der Waals surface area contributed by atoms with Gasteiger partial charge in [0.2, 0.25) is 0 Å². The molecule has 0 radical (unpaired) electrons. The molecule has 1 rings (SSSR count). The minimum absolute atomic E-state index is 0.356. The van der Waals surface area contributed by atoms with Crippen LogP contribution in [-0.4, -0.2) is 24.8 Å². The van der Waals surface area contributed by atoms with Crippen molar-refractivity contribution in [3.8, 4) is 0 Å². The molecular weight excluding hydrogens is 276 g/mol. The number of rotatable bonds is 8. The molecule has 0 atom stereocenters. The van der Waals surface area contributed by atoms with Gasteiger partial charge in [-0.3, -0.25) is 5.32 Å². The van der Waals surface area contributed by atoms with Crippen LogP contribution in [0, 0.1) is 0 Å². The van der Waals surface area contributed by atoms with E-state index in [0.29, 0.717) is 0 Å². The lowest BCUT2D eigenvalue weighted by molar-refractivity contribution is 0.00977. The van der Waals surface area contributed by atoms with Gasteiger partial charge >= 0.3 is 6.09 Å². The van der Waals surface area contributed by atoms with Crippen LogP contribution in [0.5, 0.6) is 0 Å². The second-order valence-corrected chi connectivity index (χ2v) is 5.48. The second-order valence-electron chi connectivity index (χ2n) is 5.48. The topological polar surface area (TPSA) is 41.6 Å². The summed E-state index contributed by atoms with van der Waals surface area (Å²) >= 11 is 0. The average molecular weight is 306 g/mol. The Morgan fingerprint density at radius 3 is 1.91 bits per heavy atom. The first-order chi connectivity index (χ1) is 10.5. The third-order valence-corrected chi connectivity index (χ3v) is 4.48. The monoisotopic (exact) mass is 306 g/mol. The molecule has 0 saturated carbocycles. The lowest BCUT2D eigenvalue weighted by Gasteiger charge is -2.30. The van der Waals surface area contributed by atoms with Crippen LogP contribution in [0.4, 0.5) is 16.2 Å². The minimum Gasteiger partial charge on any atom is -0.443 e. The molecule has 22 heavy (non-hydrogen) atoms. The molecular formula is C18H30N2O2. The predicted molar refractivity (Wildman–Crippen MR) is 93.7 cm³/mol. The lowest BCUT2D eigenvalue weighted by Crippen LogP contribution is -2.35. The Morgan fingerprint density at radius 1 is 1.00 bits per heavy atom. The van der Waals surface area contributed by atoms with Crippen molar-refractivity contribution in [2.45, 2.75) is 59.5 Å². The van der Waals surface area contributed by atoms with Crippen LogP contribution in [0.2, 0.25) is 0 Å². The Labute approximate surface area is 134 Å². The van der Waals surface area contributed by atoms with Crippen LogP contribution in [0.25, 0.3) is 0 Å². The van der Waals surface area contributed by atoms with Gasteiger partial charge in [-0.05, 0) is 57.4 Å². The summed E-state index contributed by atoms with van der Waals surface area (Å²) in [5.74, 6) is 0. The van der Waals surface area contributed by atoms with Crippen LogP contribution < -0.4 is 10.2 Å². The maximum absolute atomic E-state index is 12.1. The Bertz CT molecular complexity index is 440. The summed E-state index contributed by atoms with van der Waals surface area (Å²) in [6.07, 6.45) is 2.11. The molecule has 0 unspecified atom stereocenters. The zero-order valence-electron chi connectivity index (χ0n) is 14.6. The van der Waals surface area contributed by atoms with Gasteiger partial charge < -0.3 is 9.64 Å². The molecule has 0 aliphatic rings. The number of anilines is 2. The van der Waals surface area contributed by atoms with Gasteiger partial charge in [0.1, 0.15) is 5.60 Å². The molecule has 0 aliphatic carbocycles. The fourth-order valence-corrected chi connectivity index (χ4v) is 2.65. The molecule has 4 nitrogen and oxygen atoms in total. The molecule has 1 N–H and O–H groups in total. The van der Waals surface area contributed by atoms with Crippen LogP contribution in [0.15, 0.2) is 24.3 Å².